The van der Waals surface area contributed by atoms with Gasteiger partial charge in [0.1, 0.15) is 23.9 Å². The van der Waals surface area contributed by atoms with Crippen molar-refractivity contribution in [1.82, 2.24) is 9.88 Å². The Labute approximate surface area is 411 Å². The molecule has 1 unspecified atom stereocenters. The number of unbranched alkanes of at least 4 members (excludes halogenated alkanes) is 3. The highest BCUT2D eigenvalue weighted by molar-refractivity contribution is 5.88. The van der Waals surface area contributed by atoms with Gasteiger partial charge in [-0.2, -0.15) is 0 Å². The minimum Gasteiger partial charge on any atom is -0.508 e. The molecule has 0 spiro atoms. The Hall–Kier alpha value is -6.04. The fourth-order valence-electron chi connectivity index (χ4n) is 12.7. The van der Waals surface area contributed by atoms with Gasteiger partial charge in [0.2, 0.25) is 0 Å². The van der Waals surface area contributed by atoms with Crippen molar-refractivity contribution in [3.8, 4) is 23.0 Å². The first-order valence-electron chi connectivity index (χ1n) is 25.8. The Morgan fingerprint density at radius 1 is 0.786 bits per heavy atom. The lowest BCUT2D eigenvalue weighted by Crippen LogP contribution is -2.54. The van der Waals surface area contributed by atoms with Gasteiger partial charge in [0.05, 0.1) is 31.1 Å². The molecule has 10 heteroatoms. The molecule has 2 aliphatic carbocycles. The molecular formula is C60H67N3O7. The standard InChI is InChI=1S/C60H67N3O7/c61-58-23-18-42-36-69-49(11-4-2-1-3-8-38-15-20-54(66)43(26-38)27-40-9-7-10-47(64)28-40)33-48(65)19-14-39-16-21-55(67)57(29-39)70-37-45-31-46(30-44-34-63(35-51(44)45)59(42)62-58)60-24-25-68-56-22-17-41(32-53(56)60)50-12-5-6-13-52(50)60/h5-7,9-10,12-13,15-16,18,20-21,23,26,28-31,34-35,41,48-49,53,56,58,62,64-67H,1-4,8,11,14,17,19,22,24-25,27,32-33,36-37,61H2/t41-,48-,49+,53-,56+,58?,60+/m1/s1. The Kier molecular flexibility index (Phi) is 13.2. The van der Waals surface area contributed by atoms with Crippen LogP contribution in [0.5, 0.6) is 23.0 Å². The van der Waals surface area contributed by atoms with E-state index in [-0.39, 0.29) is 47.6 Å². The van der Waals surface area contributed by atoms with E-state index in [0.717, 1.165) is 115 Å². The van der Waals surface area contributed by atoms with E-state index in [2.05, 4.69) is 70.8 Å². The summed E-state index contributed by atoms with van der Waals surface area (Å²) in [6.07, 6.45) is 19.9. The maximum Gasteiger partial charge on any atom is 0.161 e. The van der Waals surface area contributed by atoms with Crippen LogP contribution in [0.2, 0.25) is 0 Å². The molecular weight excluding hydrogens is 875 g/mol. The minimum absolute atomic E-state index is 0.0946. The van der Waals surface area contributed by atoms with E-state index >= 15 is 0 Å². The number of phenols is 3. The van der Waals surface area contributed by atoms with Crippen LogP contribution >= 0.6 is 0 Å². The number of fused-ring (bicyclic) bond motifs is 8. The summed E-state index contributed by atoms with van der Waals surface area (Å²) in [5, 5.41) is 49.0. The molecule has 10 nitrogen and oxygen atoms in total. The van der Waals surface area contributed by atoms with Crippen molar-refractivity contribution >= 4 is 16.6 Å². The Bertz CT molecular complexity index is 2920. The van der Waals surface area contributed by atoms with Crippen molar-refractivity contribution in [3.05, 3.63) is 172 Å². The molecule has 5 aliphatic rings. The monoisotopic (exact) mass is 941 g/mol. The molecule has 7 atom stereocenters. The third-order valence-electron chi connectivity index (χ3n) is 16.2. The van der Waals surface area contributed by atoms with Crippen molar-refractivity contribution in [3.63, 3.8) is 0 Å². The number of nitrogens with one attached hydrogen (secondary N) is 1. The molecule has 364 valence electrons. The number of aromatic nitrogens is 1. The van der Waals surface area contributed by atoms with Gasteiger partial charge < -0.3 is 50.3 Å². The summed E-state index contributed by atoms with van der Waals surface area (Å²) in [4.78, 5) is 0. The fourth-order valence-corrected chi connectivity index (χ4v) is 12.7. The number of hydrogen-bond donors (Lipinski definition) is 6. The van der Waals surface area contributed by atoms with Gasteiger partial charge in [-0.1, -0.05) is 86.0 Å². The number of aromatic hydroxyl groups is 3. The molecule has 11 rings (SSSR count). The molecule has 7 N–H and O–H groups in total. The van der Waals surface area contributed by atoms with Crippen molar-refractivity contribution in [1.29, 1.82) is 0 Å². The lowest BCUT2D eigenvalue weighted by molar-refractivity contribution is -0.0894. The zero-order valence-corrected chi connectivity index (χ0v) is 40.1. The smallest absolute Gasteiger partial charge is 0.161 e. The summed E-state index contributed by atoms with van der Waals surface area (Å²) in [5.41, 5.74) is 16.7. The molecule has 2 fully saturated rings. The molecule has 1 saturated carbocycles. The van der Waals surface area contributed by atoms with Crippen LogP contribution in [0.15, 0.2) is 127 Å². The van der Waals surface area contributed by atoms with E-state index in [4.69, 9.17) is 19.9 Å². The summed E-state index contributed by atoms with van der Waals surface area (Å²) >= 11 is 0. The second-order valence-electron chi connectivity index (χ2n) is 20.8. The lowest BCUT2D eigenvalue weighted by Gasteiger charge is -2.56. The van der Waals surface area contributed by atoms with Gasteiger partial charge in [0.15, 0.2) is 11.5 Å². The van der Waals surface area contributed by atoms with Crippen LogP contribution in [0, 0.1) is 5.92 Å². The van der Waals surface area contributed by atoms with Gasteiger partial charge in [-0.25, -0.2) is 0 Å². The van der Waals surface area contributed by atoms with E-state index in [0.29, 0.717) is 49.9 Å². The summed E-state index contributed by atoms with van der Waals surface area (Å²) < 4.78 is 22.2. The molecule has 0 amide bonds. The molecule has 4 heterocycles. The number of aliphatic hydroxyl groups is 1. The number of aryl methyl sites for hydroxylation is 2. The number of aliphatic hydroxyl groups excluding tert-OH is 1. The highest BCUT2D eigenvalue weighted by Gasteiger charge is 2.55. The van der Waals surface area contributed by atoms with Crippen LogP contribution < -0.4 is 15.8 Å². The van der Waals surface area contributed by atoms with Crippen LogP contribution in [0.1, 0.15) is 121 Å². The molecule has 6 bridgehead atoms. The number of benzene rings is 5. The number of ether oxygens (including phenoxy) is 3. The van der Waals surface area contributed by atoms with E-state index in [1.165, 1.54) is 22.3 Å². The molecule has 1 aromatic heterocycles. The van der Waals surface area contributed by atoms with Crippen molar-refractivity contribution < 1.29 is 34.6 Å². The molecule has 1 saturated heterocycles. The van der Waals surface area contributed by atoms with Crippen LogP contribution in [-0.2, 0) is 40.8 Å². The summed E-state index contributed by atoms with van der Waals surface area (Å²) in [7, 11) is 0. The number of rotatable bonds is 10. The van der Waals surface area contributed by atoms with Gasteiger partial charge in [0, 0.05) is 47.2 Å². The SMILES string of the molecule is NC1C=CC2=C(N1)n1cc3cc([C@]45CCO[C@H]6CC[C@H](C[C@H]64)c4ccccc45)cc(c3c1)COc1cc(ccc1O)CC[C@@H](O)C[C@H](CCCCCCc1ccc(O)c(Cc3cccc(O)c3)c1)OC2. The number of phenolic OH excluding ortho intramolecular Hbond substituents is 3. The zero-order chi connectivity index (χ0) is 47.8. The third-order valence-corrected chi connectivity index (χ3v) is 16.2. The zero-order valence-electron chi connectivity index (χ0n) is 40.1. The molecule has 3 aliphatic heterocycles. The van der Waals surface area contributed by atoms with Gasteiger partial charge in [-0.05, 0) is 163 Å². The van der Waals surface area contributed by atoms with Crippen LogP contribution in [0.3, 0.4) is 0 Å². The van der Waals surface area contributed by atoms with Crippen LogP contribution in [0.25, 0.3) is 16.6 Å². The number of hydrogen-bond acceptors (Lipinski definition) is 9. The Morgan fingerprint density at radius 3 is 2.59 bits per heavy atom. The highest BCUT2D eigenvalue weighted by atomic mass is 16.5. The number of nitrogens with zero attached hydrogens (tertiary/aromatic N) is 1. The van der Waals surface area contributed by atoms with Crippen molar-refractivity contribution in [2.24, 2.45) is 11.7 Å². The lowest BCUT2D eigenvalue weighted by atomic mass is 9.51. The van der Waals surface area contributed by atoms with E-state index in [9.17, 15) is 20.4 Å². The minimum atomic E-state index is -0.580. The molecule has 70 heavy (non-hydrogen) atoms. The van der Waals surface area contributed by atoms with Crippen LogP contribution in [0.4, 0.5) is 0 Å². The molecule has 6 aromatic rings. The van der Waals surface area contributed by atoms with E-state index in [1.807, 2.05) is 36.4 Å². The van der Waals surface area contributed by atoms with Crippen LogP contribution in [-0.4, -0.2) is 62.7 Å². The topological polar surface area (TPSA) is 152 Å². The third kappa shape index (κ3) is 9.47. The van der Waals surface area contributed by atoms with Crippen molar-refractivity contribution in [2.75, 3.05) is 13.2 Å². The van der Waals surface area contributed by atoms with Gasteiger partial charge >= 0.3 is 0 Å². The quantitative estimate of drug-likeness (QED) is 0.0738. The molecule has 0 radical (unpaired) electrons. The Morgan fingerprint density at radius 2 is 1.67 bits per heavy atom. The summed E-state index contributed by atoms with van der Waals surface area (Å²) in [6.45, 7) is 1.34. The summed E-state index contributed by atoms with van der Waals surface area (Å²) in [6, 6.07) is 32.6. The largest absolute Gasteiger partial charge is 0.508 e. The second-order valence-corrected chi connectivity index (χ2v) is 20.8. The average molecular weight is 942 g/mol. The predicted molar refractivity (Wildman–Crippen MR) is 274 cm³/mol. The van der Waals surface area contributed by atoms with Gasteiger partial charge in [0.25, 0.3) is 0 Å². The fraction of sp³-hybridized carbons (Fsp3) is 0.400. The van der Waals surface area contributed by atoms with E-state index in [1.54, 1.807) is 24.3 Å². The normalized spacial score (nSPS) is 25.3. The maximum atomic E-state index is 11.5. The first-order valence-corrected chi connectivity index (χ1v) is 25.8. The average Bonchev–Trinajstić information content (AvgIpc) is 3.81. The number of nitrogens with two attached hydrogens (primary N) is 1. The molecule has 5 aromatic carbocycles. The first-order chi connectivity index (χ1) is 34.2. The summed E-state index contributed by atoms with van der Waals surface area (Å²) in [5.74, 6) is 2.82. The van der Waals surface area contributed by atoms with Gasteiger partial charge in [-0.15, -0.1) is 0 Å². The number of dihydropyridines is 1. The second kappa shape index (κ2) is 20.0. The van der Waals surface area contributed by atoms with E-state index < -0.39 is 6.10 Å². The predicted octanol–water partition coefficient (Wildman–Crippen LogP) is 10.8. The Balaban J connectivity index is 0.864. The highest BCUT2D eigenvalue weighted by Crippen LogP contribution is 2.60. The maximum absolute atomic E-state index is 11.5. The van der Waals surface area contributed by atoms with Gasteiger partial charge in [-0.3, -0.25) is 0 Å². The first kappa shape index (κ1) is 46.3. The van der Waals surface area contributed by atoms with Crippen molar-refractivity contribution in [2.45, 2.75) is 132 Å².